The molecule has 0 aliphatic rings. The topological polar surface area (TPSA) is 68.9 Å². The number of nitrogens with one attached hydrogen (secondary N) is 1. The Labute approximate surface area is 178 Å². The number of hydrogen-bond acceptors (Lipinski definition) is 3. The summed E-state index contributed by atoms with van der Waals surface area (Å²) in [5, 5.41) is 9.19. The minimum absolute atomic E-state index is 0.228. The van der Waals surface area contributed by atoms with E-state index in [1.165, 1.54) is 4.57 Å². The second-order valence-corrected chi connectivity index (χ2v) is 7.50. The van der Waals surface area contributed by atoms with E-state index in [1.54, 1.807) is 37.4 Å². The normalized spacial score (nSPS) is 12.1. The number of fused-ring (bicyclic) bond motifs is 1. The largest absolute Gasteiger partial charge is 0.324 e. The number of halogens is 1. The third kappa shape index (κ3) is 3.86. The monoisotopic (exact) mass is 420 g/mol. The van der Waals surface area contributed by atoms with E-state index in [0.29, 0.717) is 16.1 Å². The number of carbonyl (C=O) groups is 1. The lowest BCUT2D eigenvalue weighted by Crippen LogP contribution is -2.31. The molecular formula is C23H21ClN4O2. The van der Waals surface area contributed by atoms with E-state index in [1.807, 2.05) is 48.1 Å². The smallest absolute Gasteiger partial charge is 0.259 e. The van der Waals surface area contributed by atoms with Gasteiger partial charge < -0.3 is 9.88 Å². The first-order valence-corrected chi connectivity index (χ1v) is 10.1. The van der Waals surface area contributed by atoms with Crippen molar-refractivity contribution in [3.63, 3.8) is 0 Å². The van der Waals surface area contributed by atoms with Gasteiger partial charge in [0.25, 0.3) is 5.56 Å². The fraction of sp³-hybridized carbons (Fsp3) is 0.174. The van der Waals surface area contributed by atoms with Crippen molar-refractivity contribution in [3.8, 4) is 11.3 Å². The van der Waals surface area contributed by atoms with Gasteiger partial charge in [0, 0.05) is 40.6 Å². The Kier molecular flexibility index (Phi) is 5.42. The maximum atomic E-state index is 12.8. The van der Waals surface area contributed by atoms with Gasteiger partial charge in [0.2, 0.25) is 5.91 Å². The van der Waals surface area contributed by atoms with Gasteiger partial charge in [-0.15, -0.1) is 0 Å². The molecule has 0 radical (unpaired) electrons. The summed E-state index contributed by atoms with van der Waals surface area (Å²) in [5.41, 5.74) is 2.28. The average molecular weight is 421 g/mol. The number of hydrogen-bond donors (Lipinski definition) is 1. The van der Waals surface area contributed by atoms with Crippen LogP contribution in [0.5, 0.6) is 0 Å². The van der Waals surface area contributed by atoms with E-state index in [-0.39, 0.29) is 11.5 Å². The van der Waals surface area contributed by atoms with Crippen molar-refractivity contribution in [2.75, 3.05) is 5.32 Å². The lowest BCUT2D eigenvalue weighted by atomic mass is 10.1. The van der Waals surface area contributed by atoms with Crippen LogP contribution in [0.3, 0.4) is 0 Å². The maximum Gasteiger partial charge on any atom is 0.259 e. The highest BCUT2D eigenvalue weighted by Gasteiger charge is 2.17. The van der Waals surface area contributed by atoms with Gasteiger partial charge >= 0.3 is 0 Å². The molecule has 30 heavy (non-hydrogen) atoms. The number of pyridine rings is 1. The number of carbonyl (C=O) groups excluding carboxylic acids is 1. The Hall–Kier alpha value is -3.38. The van der Waals surface area contributed by atoms with Crippen LogP contribution in [-0.4, -0.2) is 20.3 Å². The quantitative estimate of drug-likeness (QED) is 0.507. The Balaban J connectivity index is 1.52. The molecule has 6 nitrogen and oxygen atoms in total. The molecule has 0 fully saturated rings. The molecule has 0 bridgehead atoms. The Bertz CT molecular complexity index is 1270. The fourth-order valence-corrected chi connectivity index (χ4v) is 3.51. The number of aryl methyl sites for hydroxylation is 1. The second kappa shape index (κ2) is 8.16. The second-order valence-electron chi connectivity index (χ2n) is 7.06. The summed E-state index contributed by atoms with van der Waals surface area (Å²) in [5.74, 6) is -0.270. The van der Waals surface area contributed by atoms with Crippen molar-refractivity contribution < 1.29 is 4.79 Å². The molecule has 1 amide bonds. The van der Waals surface area contributed by atoms with Crippen LogP contribution >= 0.6 is 11.6 Å². The average Bonchev–Trinajstić information content (AvgIpc) is 3.23. The molecule has 0 saturated heterocycles. The number of benzene rings is 2. The lowest BCUT2D eigenvalue weighted by molar-refractivity contribution is -0.118. The van der Waals surface area contributed by atoms with E-state index in [4.69, 9.17) is 11.6 Å². The maximum absolute atomic E-state index is 12.8. The molecule has 0 saturated carbocycles. The van der Waals surface area contributed by atoms with Crippen LogP contribution in [0.2, 0.25) is 5.02 Å². The summed E-state index contributed by atoms with van der Waals surface area (Å²) in [7, 11) is 0. The van der Waals surface area contributed by atoms with E-state index in [9.17, 15) is 9.59 Å². The van der Waals surface area contributed by atoms with Crippen LogP contribution in [-0.2, 0) is 11.3 Å². The molecule has 2 heterocycles. The van der Waals surface area contributed by atoms with Gasteiger partial charge in [0.05, 0.1) is 5.69 Å². The van der Waals surface area contributed by atoms with Crippen molar-refractivity contribution in [1.82, 2.24) is 14.3 Å². The summed E-state index contributed by atoms with van der Waals surface area (Å²) in [6.07, 6.45) is 3.56. The number of amides is 1. The summed E-state index contributed by atoms with van der Waals surface area (Å²) < 4.78 is 3.29. The van der Waals surface area contributed by atoms with Crippen molar-refractivity contribution >= 4 is 34.0 Å². The van der Waals surface area contributed by atoms with Crippen LogP contribution in [0.4, 0.5) is 5.69 Å². The Morgan fingerprint density at radius 3 is 2.57 bits per heavy atom. The predicted octanol–water partition coefficient (Wildman–Crippen LogP) is 4.74. The van der Waals surface area contributed by atoms with E-state index < -0.39 is 6.04 Å². The van der Waals surface area contributed by atoms with Crippen molar-refractivity contribution in [2.24, 2.45) is 0 Å². The molecule has 0 aliphatic heterocycles. The molecule has 2 aromatic heterocycles. The number of anilines is 1. The number of aromatic nitrogens is 3. The van der Waals surface area contributed by atoms with Gasteiger partial charge in [0.1, 0.15) is 6.04 Å². The van der Waals surface area contributed by atoms with Crippen molar-refractivity contribution in [3.05, 3.63) is 82.4 Å². The van der Waals surface area contributed by atoms with Gasteiger partial charge in [0.15, 0.2) is 0 Å². The highest BCUT2D eigenvalue weighted by atomic mass is 35.5. The summed E-state index contributed by atoms with van der Waals surface area (Å²) in [6.45, 7) is 4.55. The first-order valence-electron chi connectivity index (χ1n) is 9.71. The van der Waals surface area contributed by atoms with E-state index in [0.717, 1.165) is 23.2 Å². The third-order valence-corrected chi connectivity index (χ3v) is 5.34. The predicted molar refractivity (Wildman–Crippen MR) is 120 cm³/mol. The Morgan fingerprint density at radius 1 is 1.10 bits per heavy atom. The minimum Gasteiger partial charge on any atom is -0.324 e. The molecule has 1 atom stereocenters. The highest BCUT2D eigenvalue weighted by Crippen LogP contribution is 2.21. The first kappa shape index (κ1) is 19.9. The standard InChI is InChI=1S/C23H21ClN4O2/c1-3-27-12-11-21(26-27)16-4-7-19(8-5-16)25-22(29)15(2)28-13-10-17-14-18(24)6-9-20(17)23(28)30/h4-15H,3H2,1-2H3,(H,25,29)/t15-/m1/s1. The van der Waals surface area contributed by atoms with Crippen molar-refractivity contribution in [2.45, 2.75) is 26.4 Å². The molecule has 152 valence electrons. The summed E-state index contributed by atoms with van der Waals surface area (Å²) in [6, 6.07) is 15.6. The fourth-order valence-electron chi connectivity index (χ4n) is 3.33. The van der Waals surface area contributed by atoms with Crippen molar-refractivity contribution in [1.29, 1.82) is 0 Å². The van der Waals surface area contributed by atoms with Crippen LogP contribution in [0.15, 0.2) is 71.8 Å². The highest BCUT2D eigenvalue weighted by molar-refractivity contribution is 6.31. The molecule has 2 aromatic carbocycles. The molecule has 0 spiro atoms. The van der Waals surface area contributed by atoms with Crippen LogP contribution in [0.25, 0.3) is 22.0 Å². The molecule has 0 unspecified atom stereocenters. The zero-order valence-corrected chi connectivity index (χ0v) is 17.4. The molecule has 1 N–H and O–H groups in total. The first-order chi connectivity index (χ1) is 14.5. The van der Waals surface area contributed by atoms with E-state index in [2.05, 4.69) is 10.4 Å². The minimum atomic E-state index is -0.669. The Morgan fingerprint density at radius 2 is 1.87 bits per heavy atom. The SMILES string of the molecule is CCn1ccc(-c2ccc(NC(=O)[C@@H](C)n3ccc4cc(Cl)ccc4c3=O)cc2)n1. The zero-order chi connectivity index (χ0) is 21.3. The van der Waals surface area contributed by atoms with Crippen LogP contribution < -0.4 is 10.9 Å². The molecule has 4 rings (SSSR count). The van der Waals surface area contributed by atoms with Gasteiger partial charge in [-0.05, 0) is 61.7 Å². The summed E-state index contributed by atoms with van der Waals surface area (Å²) >= 11 is 5.99. The van der Waals surface area contributed by atoms with Gasteiger partial charge in [-0.25, -0.2) is 0 Å². The van der Waals surface area contributed by atoms with Crippen LogP contribution in [0, 0.1) is 0 Å². The molecular weight excluding hydrogens is 400 g/mol. The zero-order valence-electron chi connectivity index (χ0n) is 16.7. The number of rotatable bonds is 5. The number of nitrogens with zero attached hydrogens (tertiary/aromatic N) is 3. The molecule has 0 aliphatic carbocycles. The van der Waals surface area contributed by atoms with Gasteiger partial charge in [-0.1, -0.05) is 23.7 Å². The van der Waals surface area contributed by atoms with Gasteiger partial charge in [-0.2, -0.15) is 5.10 Å². The van der Waals surface area contributed by atoms with Crippen LogP contribution in [0.1, 0.15) is 19.9 Å². The summed E-state index contributed by atoms with van der Waals surface area (Å²) in [4.78, 5) is 25.5. The third-order valence-electron chi connectivity index (χ3n) is 5.10. The molecule has 4 aromatic rings. The van der Waals surface area contributed by atoms with E-state index >= 15 is 0 Å². The van der Waals surface area contributed by atoms with Gasteiger partial charge in [-0.3, -0.25) is 14.3 Å². The lowest BCUT2D eigenvalue weighted by Gasteiger charge is -2.16. The molecule has 7 heteroatoms.